The molecule has 0 aliphatic carbocycles. The molecule has 0 radical (unpaired) electrons. The first-order chi connectivity index (χ1) is 14.8. The van der Waals surface area contributed by atoms with E-state index < -0.39 is 16.7 Å². The van der Waals surface area contributed by atoms with Crippen molar-refractivity contribution in [3.8, 4) is 11.3 Å². The molecule has 0 fully saturated rings. The van der Waals surface area contributed by atoms with Crippen LogP contribution < -0.4 is 0 Å². The predicted molar refractivity (Wildman–Crippen MR) is 121 cm³/mol. The lowest BCUT2D eigenvalue weighted by atomic mass is 10.1. The van der Waals surface area contributed by atoms with Crippen LogP contribution in [-0.2, 0) is 22.7 Å². The van der Waals surface area contributed by atoms with E-state index in [1.807, 2.05) is 41.1 Å². The van der Waals surface area contributed by atoms with E-state index in [0.717, 1.165) is 34.8 Å². The fourth-order valence-electron chi connectivity index (χ4n) is 2.95. The highest BCUT2D eigenvalue weighted by Crippen LogP contribution is 2.32. The lowest BCUT2D eigenvalue weighted by molar-refractivity contribution is -0.138. The maximum atomic E-state index is 12.5. The zero-order valence-electron chi connectivity index (χ0n) is 17.9. The van der Waals surface area contributed by atoms with Crippen molar-refractivity contribution in [1.82, 2.24) is 9.78 Å². The van der Waals surface area contributed by atoms with Crippen LogP contribution >= 0.6 is 11.8 Å². The summed E-state index contributed by atoms with van der Waals surface area (Å²) in [6.07, 6.45) is 0.919. The van der Waals surface area contributed by atoms with Crippen LogP contribution in [0, 0.1) is 0 Å². The summed E-state index contributed by atoms with van der Waals surface area (Å²) in [5.41, 5.74) is 3.12. The summed E-state index contributed by atoms with van der Waals surface area (Å²) in [5.74, 6) is -1.32. The Bertz CT molecular complexity index is 1040. The van der Waals surface area contributed by atoms with Crippen molar-refractivity contribution in [2.45, 2.75) is 50.0 Å². The number of thioether (sulfide) groups is 1. The summed E-state index contributed by atoms with van der Waals surface area (Å²) in [5, 5.41) is 13.9. The van der Waals surface area contributed by atoms with Crippen LogP contribution in [-0.4, -0.2) is 31.6 Å². The third-order valence-electron chi connectivity index (χ3n) is 4.70. The van der Waals surface area contributed by atoms with Crippen LogP contribution in [0.25, 0.3) is 11.3 Å². The molecule has 7 heteroatoms. The number of ether oxygens (including phenoxy) is 1. The summed E-state index contributed by atoms with van der Waals surface area (Å²) in [6, 6.07) is 18.6. The van der Waals surface area contributed by atoms with Crippen LogP contribution in [0.1, 0.15) is 43.2 Å². The zero-order chi connectivity index (χ0) is 22.4. The molecule has 3 aromatic rings. The third-order valence-corrected chi connectivity index (χ3v) is 5.89. The van der Waals surface area contributed by atoms with Crippen molar-refractivity contribution in [3.63, 3.8) is 0 Å². The number of hydrogen-bond donors (Lipinski definition) is 1. The van der Waals surface area contributed by atoms with Crippen molar-refractivity contribution in [2.75, 3.05) is 0 Å². The SMILES string of the molecule is CCCn1nc(-c2ccccc2)cc1COC(=O)c1ccc(SC(C)(C)C(=O)O)cc1. The van der Waals surface area contributed by atoms with E-state index in [-0.39, 0.29) is 6.61 Å². The first-order valence-corrected chi connectivity index (χ1v) is 10.9. The van der Waals surface area contributed by atoms with E-state index in [2.05, 4.69) is 12.0 Å². The molecular formula is C24H26N2O4S. The molecular weight excluding hydrogens is 412 g/mol. The highest BCUT2D eigenvalue weighted by molar-refractivity contribution is 8.01. The minimum Gasteiger partial charge on any atom is -0.480 e. The maximum absolute atomic E-state index is 12.5. The molecule has 1 heterocycles. The molecule has 0 aliphatic heterocycles. The maximum Gasteiger partial charge on any atom is 0.338 e. The zero-order valence-corrected chi connectivity index (χ0v) is 18.7. The standard InChI is InChI=1S/C24H26N2O4S/c1-4-14-26-19(15-21(25-26)17-8-6-5-7-9-17)16-30-22(27)18-10-12-20(13-11-18)31-24(2,3)23(28)29/h5-13,15H,4,14,16H2,1-3H3,(H,28,29). The second-order valence-corrected chi connectivity index (χ2v) is 9.32. The monoisotopic (exact) mass is 438 g/mol. The van der Waals surface area contributed by atoms with E-state index in [1.165, 1.54) is 11.8 Å². The number of rotatable bonds is 9. The van der Waals surface area contributed by atoms with Gasteiger partial charge in [-0.3, -0.25) is 9.48 Å². The van der Waals surface area contributed by atoms with Gasteiger partial charge in [-0.1, -0.05) is 37.3 Å². The van der Waals surface area contributed by atoms with Crippen molar-refractivity contribution >= 4 is 23.7 Å². The van der Waals surface area contributed by atoms with Crippen molar-refractivity contribution < 1.29 is 19.4 Å². The first kappa shape index (κ1) is 22.6. The Hall–Kier alpha value is -3.06. The van der Waals surface area contributed by atoms with E-state index in [4.69, 9.17) is 4.74 Å². The first-order valence-electron chi connectivity index (χ1n) is 10.1. The molecule has 2 aromatic carbocycles. The highest BCUT2D eigenvalue weighted by atomic mass is 32.2. The second-order valence-electron chi connectivity index (χ2n) is 7.63. The van der Waals surface area contributed by atoms with E-state index in [1.54, 1.807) is 38.1 Å². The molecule has 0 aliphatic rings. The molecule has 162 valence electrons. The van der Waals surface area contributed by atoms with Gasteiger partial charge in [-0.15, -0.1) is 11.8 Å². The van der Waals surface area contributed by atoms with Gasteiger partial charge in [0.25, 0.3) is 0 Å². The van der Waals surface area contributed by atoms with Gasteiger partial charge in [0.05, 0.1) is 17.0 Å². The molecule has 0 saturated heterocycles. The minimum atomic E-state index is -0.948. The molecule has 0 unspecified atom stereocenters. The van der Waals surface area contributed by atoms with Crippen LogP contribution in [0.2, 0.25) is 0 Å². The van der Waals surface area contributed by atoms with E-state index >= 15 is 0 Å². The van der Waals surface area contributed by atoms with Gasteiger partial charge < -0.3 is 9.84 Å². The smallest absolute Gasteiger partial charge is 0.338 e. The Balaban J connectivity index is 1.67. The van der Waals surface area contributed by atoms with Crippen molar-refractivity contribution in [1.29, 1.82) is 0 Å². The molecule has 0 amide bonds. The number of aromatic nitrogens is 2. The number of carbonyl (C=O) groups excluding carboxylic acids is 1. The quantitative estimate of drug-likeness (QED) is 0.362. The molecule has 6 nitrogen and oxygen atoms in total. The molecule has 0 atom stereocenters. The fourth-order valence-corrected chi connectivity index (χ4v) is 3.90. The second kappa shape index (κ2) is 9.83. The van der Waals surface area contributed by atoms with E-state index in [0.29, 0.717) is 5.56 Å². The summed E-state index contributed by atoms with van der Waals surface area (Å²) < 4.78 is 6.46. The van der Waals surface area contributed by atoms with Gasteiger partial charge in [0.1, 0.15) is 11.4 Å². The summed E-state index contributed by atoms with van der Waals surface area (Å²) in [4.78, 5) is 24.6. The summed E-state index contributed by atoms with van der Waals surface area (Å²) in [7, 11) is 0. The average molecular weight is 439 g/mol. The Kier molecular flexibility index (Phi) is 7.17. The van der Waals surface area contributed by atoms with Gasteiger partial charge in [0.2, 0.25) is 0 Å². The number of aliphatic carboxylic acids is 1. The van der Waals surface area contributed by atoms with Crippen molar-refractivity contribution in [2.24, 2.45) is 0 Å². The average Bonchev–Trinajstić information content (AvgIpc) is 3.16. The number of carbonyl (C=O) groups is 2. The molecule has 0 saturated carbocycles. The Morgan fingerprint density at radius 2 is 1.77 bits per heavy atom. The van der Waals surface area contributed by atoms with Gasteiger partial charge in [-0.25, -0.2) is 4.79 Å². The molecule has 0 bridgehead atoms. The van der Waals surface area contributed by atoms with Gasteiger partial charge in [0, 0.05) is 17.0 Å². The number of benzene rings is 2. The molecule has 3 rings (SSSR count). The molecule has 1 N–H and O–H groups in total. The number of nitrogens with zero attached hydrogens (tertiary/aromatic N) is 2. The van der Waals surface area contributed by atoms with Crippen LogP contribution in [0.5, 0.6) is 0 Å². The van der Waals surface area contributed by atoms with Crippen LogP contribution in [0.3, 0.4) is 0 Å². The number of carboxylic acid groups (broad SMARTS) is 1. The Labute approximate surface area is 186 Å². The van der Waals surface area contributed by atoms with Gasteiger partial charge >= 0.3 is 11.9 Å². The van der Waals surface area contributed by atoms with Gasteiger partial charge in [0.15, 0.2) is 0 Å². The molecule has 31 heavy (non-hydrogen) atoms. The predicted octanol–water partition coefficient (Wildman–Crippen LogP) is 5.27. The number of aryl methyl sites for hydroxylation is 1. The largest absolute Gasteiger partial charge is 0.480 e. The number of carboxylic acids is 1. The summed E-state index contributed by atoms with van der Waals surface area (Å²) >= 11 is 1.23. The normalized spacial score (nSPS) is 11.3. The Morgan fingerprint density at radius 1 is 1.10 bits per heavy atom. The van der Waals surface area contributed by atoms with Gasteiger partial charge in [-0.2, -0.15) is 5.10 Å². The minimum absolute atomic E-state index is 0.126. The fraction of sp³-hybridized carbons (Fsp3) is 0.292. The summed E-state index contributed by atoms with van der Waals surface area (Å²) in [6.45, 7) is 6.23. The number of esters is 1. The van der Waals surface area contributed by atoms with Crippen LogP contribution in [0.4, 0.5) is 0 Å². The van der Waals surface area contributed by atoms with Crippen LogP contribution in [0.15, 0.2) is 65.6 Å². The van der Waals surface area contributed by atoms with Crippen molar-refractivity contribution in [3.05, 3.63) is 71.9 Å². The molecule has 1 aromatic heterocycles. The topological polar surface area (TPSA) is 81.4 Å². The third kappa shape index (κ3) is 5.76. The van der Waals surface area contributed by atoms with Gasteiger partial charge in [-0.05, 0) is 50.6 Å². The lowest BCUT2D eigenvalue weighted by Gasteiger charge is -2.18. The lowest BCUT2D eigenvalue weighted by Crippen LogP contribution is -2.26. The molecule has 0 spiro atoms. The Morgan fingerprint density at radius 3 is 2.39 bits per heavy atom. The number of hydrogen-bond acceptors (Lipinski definition) is 5. The van der Waals surface area contributed by atoms with E-state index in [9.17, 15) is 14.7 Å². The highest BCUT2D eigenvalue weighted by Gasteiger charge is 2.28.